The maximum atomic E-state index is 8.73. The molecule has 4 heteroatoms. The molecule has 1 aromatic heterocycles. The lowest BCUT2D eigenvalue weighted by Crippen LogP contribution is -1.89. The maximum Gasteiger partial charge on any atom is 0.187 e. The summed E-state index contributed by atoms with van der Waals surface area (Å²) in [5.41, 5.74) is 2.06. The van der Waals surface area contributed by atoms with Crippen LogP contribution in [0.25, 0.3) is 0 Å². The van der Waals surface area contributed by atoms with E-state index in [4.69, 9.17) is 5.11 Å². The van der Waals surface area contributed by atoms with Crippen LogP contribution in [0, 0.1) is 11.8 Å². The van der Waals surface area contributed by atoms with Gasteiger partial charge in [-0.1, -0.05) is 41.8 Å². The summed E-state index contributed by atoms with van der Waals surface area (Å²) >= 11 is 1.57. The van der Waals surface area contributed by atoms with Crippen LogP contribution in [0.5, 0.6) is 0 Å². The lowest BCUT2D eigenvalue weighted by molar-refractivity contribution is 0.350. The van der Waals surface area contributed by atoms with Crippen molar-refractivity contribution in [1.29, 1.82) is 0 Å². The summed E-state index contributed by atoms with van der Waals surface area (Å²) in [7, 11) is 0. The summed E-state index contributed by atoms with van der Waals surface area (Å²) in [6.07, 6.45) is 3.46. The molecule has 0 aliphatic carbocycles. The topological polar surface area (TPSA) is 46.0 Å². The fraction of sp³-hybridized carbons (Fsp3) is 0.143. The zero-order chi connectivity index (χ0) is 12.6. The Hall–Kier alpha value is -1.83. The van der Waals surface area contributed by atoms with E-state index in [2.05, 4.69) is 21.8 Å². The van der Waals surface area contributed by atoms with Crippen molar-refractivity contribution >= 4 is 11.8 Å². The number of aromatic nitrogens is 2. The quantitative estimate of drug-likeness (QED) is 0.519. The highest BCUT2D eigenvalue weighted by atomic mass is 32.2. The fourth-order valence-electron chi connectivity index (χ4n) is 1.41. The number of benzene rings is 1. The average molecular weight is 256 g/mol. The molecule has 3 nitrogen and oxygen atoms in total. The van der Waals surface area contributed by atoms with Gasteiger partial charge in [0.25, 0.3) is 0 Å². The lowest BCUT2D eigenvalue weighted by Gasteiger charge is -2.03. The van der Waals surface area contributed by atoms with Crippen molar-refractivity contribution in [3.63, 3.8) is 0 Å². The molecule has 2 aromatic rings. The average Bonchev–Trinajstić information content (AvgIpc) is 2.45. The van der Waals surface area contributed by atoms with Crippen molar-refractivity contribution < 1.29 is 5.11 Å². The van der Waals surface area contributed by atoms with Crippen molar-refractivity contribution in [1.82, 2.24) is 9.97 Å². The summed E-state index contributed by atoms with van der Waals surface area (Å²) in [5.74, 6) is 6.38. The van der Waals surface area contributed by atoms with Gasteiger partial charge in [-0.15, -0.1) is 0 Å². The standard InChI is InChI=1S/C14H12N2OS/c17-10-3-7-12-5-1-2-6-13(12)11-18-14-15-8-4-9-16-14/h1-2,4-6,8-9,17H,10-11H2. The van der Waals surface area contributed by atoms with Gasteiger partial charge >= 0.3 is 0 Å². The molecular weight excluding hydrogens is 244 g/mol. The van der Waals surface area contributed by atoms with Gasteiger partial charge in [-0.2, -0.15) is 0 Å². The van der Waals surface area contributed by atoms with E-state index in [1.54, 1.807) is 30.2 Å². The van der Waals surface area contributed by atoms with Crippen molar-refractivity contribution in [2.75, 3.05) is 6.61 Å². The molecule has 0 spiro atoms. The number of aliphatic hydroxyl groups excluding tert-OH is 1. The molecule has 0 saturated carbocycles. The first kappa shape index (κ1) is 12.6. The molecule has 0 aliphatic rings. The van der Waals surface area contributed by atoms with E-state index in [9.17, 15) is 0 Å². The molecule has 0 aliphatic heterocycles. The maximum absolute atomic E-state index is 8.73. The van der Waals surface area contributed by atoms with Crippen molar-refractivity contribution in [3.05, 3.63) is 53.9 Å². The zero-order valence-electron chi connectivity index (χ0n) is 9.71. The summed E-state index contributed by atoms with van der Waals surface area (Å²) < 4.78 is 0. The number of nitrogens with zero attached hydrogens (tertiary/aromatic N) is 2. The Bertz CT molecular complexity index is 561. The number of aliphatic hydroxyl groups is 1. The van der Waals surface area contributed by atoms with Crippen LogP contribution < -0.4 is 0 Å². The number of rotatable bonds is 3. The molecule has 1 aromatic carbocycles. The second-order valence-corrected chi connectivity index (χ2v) is 4.38. The molecule has 0 atom stereocenters. The molecule has 1 heterocycles. The molecule has 0 bridgehead atoms. The molecule has 1 N–H and O–H groups in total. The second-order valence-electron chi connectivity index (χ2n) is 3.44. The predicted octanol–water partition coefficient (Wildman–Crippen LogP) is 2.11. The van der Waals surface area contributed by atoms with Gasteiger partial charge in [-0.25, -0.2) is 9.97 Å². The first-order valence-electron chi connectivity index (χ1n) is 5.47. The predicted molar refractivity (Wildman–Crippen MR) is 72.0 cm³/mol. The normalized spacial score (nSPS) is 9.61. The second kappa shape index (κ2) is 6.80. The Labute approximate surface area is 110 Å². The van der Waals surface area contributed by atoms with Crippen molar-refractivity contribution in [2.45, 2.75) is 10.9 Å². The molecule has 0 saturated heterocycles. The third-order valence-electron chi connectivity index (χ3n) is 2.22. The van der Waals surface area contributed by atoms with Gasteiger partial charge in [-0.05, 0) is 17.7 Å². The highest BCUT2D eigenvalue weighted by molar-refractivity contribution is 7.98. The van der Waals surface area contributed by atoms with Crippen LogP contribution in [-0.4, -0.2) is 21.7 Å². The van der Waals surface area contributed by atoms with E-state index in [-0.39, 0.29) is 6.61 Å². The van der Waals surface area contributed by atoms with Crippen LogP contribution >= 0.6 is 11.8 Å². The van der Waals surface area contributed by atoms with E-state index in [1.165, 1.54) is 0 Å². The number of hydrogen-bond donors (Lipinski definition) is 1. The van der Waals surface area contributed by atoms with E-state index in [0.717, 1.165) is 22.0 Å². The Balaban J connectivity index is 2.09. The number of hydrogen-bond acceptors (Lipinski definition) is 4. The van der Waals surface area contributed by atoms with Gasteiger partial charge in [0.05, 0.1) is 0 Å². The SMILES string of the molecule is OCC#Cc1ccccc1CSc1ncccn1. The zero-order valence-corrected chi connectivity index (χ0v) is 10.5. The Morgan fingerprint density at radius 3 is 2.67 bits per heavy atom. The smallest absolute Gasteiger partial charge is 0.187 e. The lowest BCUT2D eigenvalue weighted by atomic mass is 10.1. The van der Waals surface area contributed by atoms with Crippen LogP contribution in [0.4, 0.5) is 0 Å². The molecule has 0 amide bonds. The first-order chi connectivity index (χ1) is 8.90. The van der Waals surface area contributed by atoms with Gasteiger partial charge in [0.15, 0.2) is 5.16 Å². The summed E-state index contributed by atoms with van der Waals surface area (Å²) in [4.78, 5) is 8.32. The van der Waals surface area contributed by atoms with Gasteiger partial charge in [0.1, 0.15) is 6.61 Å². The van der Waals surface area contributed by atoms with Gasteiger partial charge in [-0.3, -0.25) is 0 Å². The molecule has 18 heavy (non-hydrogen) atoms. The van der Waals surface area contributed by atoms with Crippen LogP contribution in [0.2, 0.25) is 0 Å². The largest absolute Gasteiger partial charge is 0.384 e. The third-order valence-corrected chi connectivity index (χ3v) is 3.14. The van der Waals surface area contributed by atoms with Crippen LogP contribution in [-0.2, 0) is 5.75 Å². The van der Waals surface area contributed by atoms with E-state index >= 15 is 0 Å². The Morgan fingerprint density at radius 1 is 1.11 bits per heavy atom. The van der Waals surface area contributed by atoms with Crippen molar-refractivity contribution in [2.24, 2.45) is 0 Å². The van der Waals surface area contributed by atoms with Crippen LogP contribution in [0.15, 0.2) is 47.9 Å². The Kier molecular flexibility index (Phi) is 4.77. The monoisotopic (exact) mass is 256 g/mol. The van der Waals surface area contributed by atoms with Crippen LogP contribution in [0.1, 0.15) is 11.1 Å². The van der Waals surface area contributed by atoms with Gasteiger partial charge in [0, 0.05) is 23.7 Å². The molecule has 90 valence electrons. The summed E-state index contributed by atoms with van der Waals surface area (Å²) in [6.45, 7) is -0.122. The minimum atomic E-state index is -0.122. The first-order valence-corrected chi connectivity index (χ1v) is 6.46. The van der Waals surface area contributed by atoms with Crippen molar-refractivity contribution in [3.8, 4) is 11.8 Å². The van der Waals surface area contributed by atoms with Crippen LogP contribution in [0.3, 0.4) is 0 Å². The molecular formula is C14H12N2OS. The number of thioether (sulfide) groups is 1. The molecule has 0 unspecified atom stereocenters. The molecule has 0 radical (unpaired) electrons. The fourth-order valence-corrected chi connectivity index (χ4v) is 2.21. The van der Waals surface area contributed by atoms with E-state index in [1.807, 2.05) is 24.3 Å². The highest BCUT2D eigenvalue weighted by Gasteiger charge is 2.01. The highest BCUT2D eigenvalue weighted by Crippen LogP contribution is 2.20. The van der Waals surface area contributed by atoms with E-state index in [0.29, 0.717) is 0 Å². The summed E-state index contributed by atoms with van der Waals surface area (Å²) in [6, 6.07) is 9.69. The third kappa shape index (κ3) is 3.59. The van der Waals surface area contributed by atoms with Gasteiger partial charge < -0.3 is 5.11 Å². The van der Waals surface area contributed by atoms with Gasteiger partial charge in [0.2, 0.25) is 0 Å². The minimum absolute atomic E-state index is 0.122. The minimum Gasteiger partial charge on any atom is -0.384 e. The Morgan fingerprint density at radius 2 is 1.89 bits per heavy atom. The summed E-state index contributed by atoms with van der Waals surface area (Å²) in [5, 5.41) is 9.48. The molecule has 0 fully saturated rings. The van der Waals surface area contributed by atoms with E-state index < -0.39 is 0 Å². The molecule has 2 rings (SSSR count).